The van der Waals surface area contributed by atoms with Gasteiger partial charge in [-0.1, -0.05) is 36.5 Å². The van der Waals surface area contributed by atoms with Crippen LogP contribution in [0.1, 0.15) is 30.1 Å². The maximum atomic E-state index is 12.5. The maximum absolute atomic E-state index is 12.5. The average molecular weight is 382 g/mol. The highest BCUT2D eigenvalue weighted by Crippen LogP contribution is 2.34. The molecule has 0 radical (unpaired) electrons. The highest BCUT2D eigenvalue weighted by molar-refractivity contribution is 6.37. The third-order valence-corrected chi connectivity index (χ3v) is 4.34. The normalized spacial score (nSPS) is 15.2. The minimum absolute atomic E-state index is 0. The Morgan fingerprint density at radius 3 is 2.26 bits per heavy atom. The van der Waals surface area contributed by atoms with Gasteiger partial charge in [-0.25, -0.2) is 0 Å². The van der Waals surface area contributed by atoms with Crippen LogP contribution in [0.15, 0.2) is 12.1 Å². The molecule has 1 heterocycles. The third-order valence-electron chi connectivity index (χ3n) is 3.78. The number of nitrogens with zero attached hydrogens (tertiary/aromatic N) is 2. The number of unbranched alkanes of at least 4 members (excludes halogenated alkanes) is 1. The van der Waals surface area contributed by atoms with Crippen LogP contribution >= 0.6 is 35.6 Å². The number of halogens is 3. The topological polar surface area (TPSA) is 32.8 Å². The van der Waals surface area contributed by atoms with Gasteiger partial charge in [0.2, 0.25) is 0 Å². The van der Waals surface area contributed by atoms with E-state index in [-0.39, 0.29) is 18.3 Å². The molecule has 1 fully saturated rings. The van der Waals surface area contributed by atoms with Crippen molar-refractivity contribution in [3.63, 3.8) is 0 Å². The minimum Gasteiger partial charge on any atom is -0.490 e. The lowest BCUT2D eigenvalue weighted by atomic mass is 10.1. The molecule has 0 aliphatic carbocycles. The van der Waals surface area contributed by atoms with Crippen molar-refractivity contribution in [1.29, 1.82) is 0 Å². The van der Waals surface area contributed by atoms with Crippen LogP contribution in [0, 0.1) is 0 Å². The van der Waals surface area contributed by atoms with Crippen LogP contribution in [0.2, 0.25) is 10.0 Å². The molecule has 130 valence electrons. The summed E-state index contributed by atoms with van der Waals surface area (Å²) in [6.07, 6.45) is 1.98. The predicted octanol–water partition coefficient (Wildman–Crippen LogP) is 3.98. The first-order valence-electron chi connectivity index (χ1n) is 7.62. The van der Waals surface area contributed by atoms with Gasteiger partial charge in [-0.3, -0.25) is 4.79 Å². The molecule has 1 aromatic carbocycles. The molecule has 1 aliphatic heterocycles. The molecule has 1 amide bonds. The van der Waals surface area contributed by atoms with Crippen molar-refractivity contribution < 1.29 is 9.53 Å². The Kier molecular flexibility index (Phi) is 8.48. The summed E-state index contributed by atoms with van der Waals surface area (Å²) < 4.78 is 5.61. The van der Waals surface area contributed by atoms with Crippen LogP contribution in [0.3, 0.4) is 0 Å². The molecule has 4 nitrogen and oxygen atoms in total. The molecule has 0 atom stereocenters. The fourth-order valence-electron chi connectivity index (χ4n) is 2.33. The molecule has 0 aromatic heterocycles. The molecule has 0 bridgehead atoms. The van der Waals surface area contributed by atoms with Crippen LogP contribution in [0.5, 0.6) is 5.75 Å². The molecule has 1 saturated heterocycles. The first-order valence-corrected chi connectivity index (χ1v) is 8.38. The first-order chi connectivity index (χ1) is 10.5. The lowest BCUT2D eigenvalue weighted by molar-refractivity contribution is 0.0664. The SMILES string of the molecule is CCCCOc1c(Cl)cc(C(=O)N2CCN(C)CC2)cc1Cl.Cl. The summed E-state index contributed by atoms with van der Waals surface area (Å²) in [7, 11) is 2.05. The monoisotopic (exact) mass is 380 g/mol. The smallest absolute Gasteiger partial charge is 0.254 e. The van der Waals surface area contributed by atoms with Gasteiger partial charge in [0.15, 0.2) is 5.75 Å². The molecule has 1 aromatic rings. The molecule has 0 saturated carbocycles. The van der Waals surface area contributed by atoms with Gasteiger partial charge in [-0.05, 0) is 25.6 Å². The number of likely N-dealkylation sites (N-methyl/N-ethyl adjacent to an activating group) is 1. The fourth-order valence-corrected chi connectivity index (χ4v) is 2.93. The Balaban J connectivity index is 0.00000264. The van der Waals surface area contributed by atoms with Gasteiger partial charge < -0.3 is 14.5 Å². The number of benzene rings is 1. The molecule has 1 aliphatic rings. The Hall–Kier alpha value is -0.680. The van der Waals surface area contributed by atoms with Crippen molar-refractivity contribution in [3.8, 4) is 5.75 Å². The van der Waals surface area contributed by atoms with Crippen molar-refractivity contribution >= 4 is 41.5 Å². The summed E-state index contributed by atoms with van der Waals surface area (Å²) in [6.45, 7) is 5.86. The number of hydrogen-bond donors (Lipinski definition) is 0. The summed E-state index contributed by atoms with van der Waals surface area (Å²) in [6, 6.07) is 3.30. The van der Waals surface area contributed by atoms with E-state index in [4.69, 9.17) is 27.9 Å². The van der Waals surface area contributed by atoms with Crippen LogP contribution < -0.4 is 4.74 Å². The Morgan fingerprint density at radius 1 is 1.17 bits per heavy atom. The predicted molar refractivity (Wildman–Crippen MR) is 97.5 cm³/mol. The van der Waals surface area contributed by atoms with Crippen molar-refractivity contribution in [3.05, 3.63) is 27.7 Å². The second-order valence-corrected chi connectivity index (χ2v) is 6.38. The highest BCUT2D eigenvalue weighted by atomic mass is 35.5. The van der Waals surface area contributed by atoms with E-state index in [9.17, 15) is 4.79 Å². The molecular formula is C16H23Cl3N2O2. The Morgan fingerprint density at radius 2 is 1.74 bits per heavy atom. The number of rotatable bonds is 5. The van der Waals surface area contributed by atoms with E-state index in [1.165, 1.54) is 0 Å². The molecular weight excluding hydrogens is 359 g/mol. The van der Waals surface area contributed by atoms with Gasteiger partial charge in [-0.2, -0.15) is 0 Å². The van der Waals surface area contributed by atoms with Gasteiger partial charge >= 0.3 is 0 Å². The fraction of sp³-hybridized carbons (Fsp3) is 0.562. The van der Waals surface area contributed by atoms with Crippen LogP contribution in [-0.4, -0.2) is 55.5 Å². The third kappa shape index (κ3) is 5.42. The average Bonchev–Trinajstić information content (AvgIpc) is 2.50. The van der Waals surface area contributed by atoms with Crippen molar-refractivity contribution in [2.75, 3.05) is 39.8 Å². The Labute approximate surface area is 154 Å². The lowest BCUT2D eigenvalue weighted by Crippen LogP contribution is -2.47. The quantitative estimate of drug-likeness (QED) is 0.723. The summed E-state index contributed by atoms with van der Waals surface area (Å²) in [5, 5.41) is 0.780. The van der Waals surface area contributed by atoms with Crippen molar-refractivity contribution in [2.24, 2.45) is 0 Å². The summed E-state index contributed by atoms with van der Waals surface area (Å²) in [5.74, 6) is 0.434. The zero-order chi connectivity index (χ0) is 16.1. The maximum Gasteiger partial charge on any atom is 0.254 e. The standard InChI is InChI=1S/C16H22Cl2N2O2.ClH/c1-3-4-9-22-15-13(17)10-12(11-14(15)18)16(21)20-7-5-19(2)6-8-20;/h10-11H,3-9H2,1-2H3;1H. The van der Waals surface area contributed by atoms with E-state index < -0.39 is 0 Å². The van der Waals surface area contributed by atoms with Crippen molar-refractivity contribution in [2.45, 2.75) is 19.8 Å². The van der Waals surface area contributed by atoms with Gasteiger partial charge in [0, 0.05) is 31.7 Å². The van der Waals surface area contributed by atoms with Gasteiger partial charge in [-0.15, -0.1) is 12.4 Å². The molecule has 0 unspecified atom stereocenters. The first kappa shape index (κ1) is 20.4. The Bertz CT molecular complexity index is 509. The van der Waals surface area contributed by atoms with E-state index in [1.54, 1.807) is 12.1 Å². The number of piperazine rings is 1. The van der Waals surface area contributed by atoms with Crippen LogP contribution in [0.25, 0.3) is 0 Å². The number of hydrogen-bond acceptors (Lipinski definition) is 3. The van der Waals surface area contributed by atoms with Crippen LogP contribution in [0.4, 0.5) is 0 Å². The van der Waals surface area contributed by atoms with Gasteiger partial charge in [0.05, 0.1) is 16.7 Å². The molecule has 7 heteroatoms. The summed E-state index contributed by atoms with van der Waals surface area (Å²) in [4.78, 5) is 16.6. The number of amides is 1. The zero-order valence-corrected chi connectivity index (χ0v) is 15.8. The summed E-state index contributed by atoms with van der Waals surface area (Å²) in [5.41, 5.74) is 0.516. The largest absolute Gasteiger partial charge is 0.490 e. The van der Waals surface area contributed by atoms with Crippen LogP contribution in [-0.2, 0) is 0 Å². The zero-order valence-electron chi connectivity index (χ0n) is 13.5. The molecule has 23 heavy (non-hydrogen) atoms. The number of carbonyl (C=O) groups is 1. The van der Waals surface area contributed by atoms with Gasteiger partial charge in [0.1, 0.15) is 0 Å². The van der Waals surface area contributed by atoms with E-state index >= 15 is 0 Å². The van der Waals surface area contributed by atoms with E-state index in [0.29, 0.717) is 28.0 Å². The van der Waals surface area contributed by atoms with Gasteiger partial charge in [0.25, 0.3) is 5.91 Å². The molecule has 2 rings (SSSR count). The second kappa shape index (κ2) is 9.58. The summed E-state index contributed by atoms with van der Waals surface area (Å²) >= 11 is 12.5. The number of carbonyl (C=O) groups excluding carboxylic acids is 1. The molecule has 0 N–H and O–H groups in total. The van der Waals surface area contributed by atoms with Crippen molar-refractivity contribution in [1.82, 2.24) is 9.80 Å². The number of ether oxygens (including phenoxy) is 1. The second-order valence-electron chi connectivity index (χ2n) is 5.57. The minimum atomic E-state index is -0.0305. The molecule has 0 spiro atoms. The van der Waals surface area contributed by atoms with E-state index in [2.05, 4.69) is 18.9 Å². The highest BCUT2D eigenvalue weighted by Gasteiger charge is 2.22. The van der Waals surface area contributed by atoms with E-state index in [0.717, 1.165) is 39.0 Å². The lowest BCUT2D eigenvalue weighted by Gasteiger charge is -2.32. The van der Waals surface area contributed by atoms with E-state index in [1.807, 2.05) is 4.90 Å².